The van der Waals surface area contributed by atoms with Crippen LogP contribution in [0.1, 0.15) is 38.5 Å². The third-order valence-corrected chi connectivity index (χ3v) is 5.84. The molecule has 0 aliphatic carbocycles. The van der Waals surface area contributed by atoms with Crippen molar-refractivity contribution in [3.05, 3.63) is 0 Å². The lowest BCUT2D eigenvalue weighted by molar-refractivity contribution is -0.151. The predicted octanol–water partition coefficient (Wildman–Crippen LogP) is 0.958. The first-order chi connectivity index (χ1) is 11.6. The molecule has 0 bridgehead atoms. The molecule has 24 heavy (non-hydrogen) atoms. The largest absolute Gasteiger partial charge is 0.464 e. The summed E-state index contributed by atoms with van der Waals surface area (Å²) in [6, 6.07) is 0.694. The predicted molar refractivity (Wildman–Crippen MR) is 91.6 cm³/mol. The van der Waals surface area contributed by atoms with E-state index in [0.717, 1.165) is 38.9 Å². The normalized spacial score (nSPS) is 25.4. The molecule has 3 fully saturated rings. The molecule has 0 N–H and O–H groups in total. The first-order valence-electron chi connectivity index (χ1n) is 9.50. The van der Waals surface area contributed by atoms with Gasteiger partial charge in [-0.15, -0.1) is 0 Å². The lowest BCUT2D eigenvalue weighted by atomic mass is 9.93. The Hall–Kier alpha value is -1.14. The van der Waals surface area contributed by atoms with Crippen LogP contribution in [0.2, 0.25) is 0 Å². The number of hydrogen-bond acceptors (Lipinski definition) is 5. The van der Waals surface area contributed by atoms with Gasteiger partial charge in [0.1, 0.15) is 6.61 Å². The highest BCUT2D eigenvalue weighted by Gasteiger charge is 2.31. The van der Waals surface area contributed by atoms with Crippen molar-refractivity contribution in [2.75, 3.05) is 52.9 Å². The molecular weight excluding hydrogens is 306 g/mol. The van der Waals surface area contributed by atoms with Crippen LogP contribution in [0.3, 0.4) is 0 Å². The summed E-state index contributed by atoms with van der Waals surface area (Å²) in [6.45, 7) is 6.10. The van der Waals surface area contributed by atoms with E-state index in [-0.39, 0.29) is 17.8 Å². The molecule has 0 saturated carbocycles. The molecule has 0 radical (unpaired) electrons. The van der Waals surface area contributed by atoms with Gasteiger partial charge in [-0.2, -0.15) is 0 Å². The van der Waals surface area contributed by atoms with Gasteiger partial charge >= 0.3 is 5.97 Å². The van der Waals surface area contributed by atoms with Gasteiger partial charge in [0.05, 0.1) is 12.5 Å². The highest BCUT2D eigenvalue weighted by molar-refractivity contribution is 5.78. The van der Waals surface area contributed by atoms with Crippen molar-refractivity contribution in [1.82, 2.24) is 14.7 Å². The zero-order valence-electron chi connectivity index (χ0n) is 14.9. The van der Waals surface area contributed by atoms with Gasteiger partial charge in [-0.1, -0.05) is 0 Å². The summed E-state index contributed by atoms with van der Waals surface area (Å²) in [4.78, 5) is 30.5. The molecule has 0 aromatic carbocycles. The minimum absolute atomic E-state index is 0.0433. The smallest absolute Gasteiger partial charge is 0.309 e. The van der Waals surface area contributed by atoms with E-state index >= 15 is 0 Å². The average molecular weight is 337 g/mol. The van der Waals surface area contributed by atoms with E-state index in [1.807, 2.05) is 0 Å². The Kier molecular flexibility index (Phi) is 6.11. The molecule has 3 aliphatic rings. The molecule has 0 aromatic heterocycles. The Morgan fingerprint density at radius 1 is 1.08 bits per heavy atom. The minimum atomic E-state index is -0.0651. The fraction of sp³-hybridized carbons (Fsp3) is 0.889. The van der Waals surface area contributed by atoms with E-state index < -0.39 is 0 Å². The van der Waals surface area contributed by atoms with Gasteiger partial charge in [-0.25, -0.2) is 0 Å². The maximum Gasteiger partial charge on any atom is 0.309 e. The van der Waals surface area contributed by atoms with Crippen LogP contribution in [0.5, 0.6) is 0 Å². The summed E-state index contributed by atoms with van der Waals surface area (Å²) >= 11 is 0. The van der Waals surface area contributed by atoms with Gasteiger partial charge < -0.3 is 19.4 Å². The highest BCUT2D eigenvalue weighted by atomic mass is 16.5. The Morgan fingerprint density at radius 3 is 2.42 bits per heavy atom. The zero-order chi connectivity index (χ0) is 16.9. The summed E-state index contributed by atoms with van der Waals surface area (Å²) < 4.78 is 5.43. The molecule has 3 heterocycles. The summed E-state index contributed by atoms with van der Waals surface area (Å²) in [5, 5.41) is 0. The summed E-state index contributed by atoms with van der Waals surface area (Å²) in [7, 11) is 2.19. The molecule has 1 amide bonds. The van der Waals surface area contributed by atoms with Gasteiger partial charge in [0.25, 0.3) is 0 Å². The maximum atomic E-state index is 12.2. The first-order valence-corrected chi connectivity index (χ1v) is 9.50. The zero-order valence-corrected chi connectivity index (χ0v) is 14.9. The van der Waals surface area contributed by atoms with Gasteiger partial charge in [-0.3, -0.25) is 9.59 Å². The Labute approximate surface area is 145 Å². The Balaban J connectivity index is 1.33. The molecule has 3 saturated heterocycles. The standard InChI is InChI=1S/C18H31N3O3/c1-19-9-6-16(7-10-19)20-11-4-15(5-12-20)18(23)24-14-13-21-8-2-3-17(21)22/h15-16H,2-14H2,1H3. The number of nitrogens with zero attached hydrogens (tertiary/aromatic N) is 3. The lowest BCUT2D eigenvalue weighted by Crippen LogP contribution is -2.47. The monoisotopic (exact) mass is 337 g/mol. The van der Waals surface area contributed by atoms with Crippen molar-refractivity contribution >= 4 is 11.9 Å². The van der Waals surface area contributed by atoms with Crippen LogP contribution in [0.15, 0.2) is 0 Å². The van der Waals surface area contributed by atoms with Crippen molar-refractivity contribution in [3.8, 4) is 0 Å². The molecular formula is C18H31N3O3. The summed E-state index contributed by atoms with van der Waals surface area (Å²) in [6.07, 6.45) is 5.89. The number of rotatable bonds is 5. The first kappa shape index (κ1) is 17.7. The van der Waals surface area contributed by atoms with Crippen molar-refractivity contribution in [2.24, 2.45) is 5.92 Å². The molecule has 136 valence electrons. The fourth-order valence-corrected chi connectivity index (χ4v) is 4.18. The second-order valence-electron chi connectivity index (χ2n) is 7.50. The molecule has 0 atom stereocenters. The third kappa shape index (κ3) is 4.48. The molecule has 0 aromatic rings. The van der Waals surface area contributed by atoms with E-state index in [0.29, 0.717) is 25.6 Å². The number of amides is 1. The van der Waals surface area contributed by atoms with Crippen molar-refractivity contribution in [3.63, 3.8) is 0 Å². The molecule has 0 spiro atoms. The van der Waals surface area contributed by atoms with E-state index in [1.165, 1.54) is 25.9 Å². The Morgan fingerprint density at radius 2 is 1.79 bits per heavy atom. The van der Waals surface area contributed by atoms with E-state index in [1.54, 1.807) is 4.90 Å². The van der Waals surface area contributed by atoms with E-state index in [2.05, 4.69) is 16.8 Å². The molecule has 6 nitrogen and oxygen atoms in total. The van der Waals surface area contributed by atoms with Crippen LogP contribution >= 0.6 is 0 Å². The number of ether oxygens (including phenoxy) is 1. The topological polar surface area (TPSA) is 53.1 Å². The van der Waals surface area contributed by atoms with Crippen molar-refractivity contribution in [2.45, 2.75) is 44.6 Å². The second kappa shape index (κ2) is 8.30. The second-order valence-corrected chi connectivity index (χ2v) is 7.50. The number of piperidine rings is 2. The van der Waals surface area contributed by atoms with Crippen LogP contribution in [0, 0.1) is 5.92 Å². The number of likely N-dealkylation sites (tertiary alicyclic amines) is 3. The van der Waals surface area contributed by atoms with E-state index in [9.17, 15) is 9.59 Å². The number of esters is 1. The van der Waals surface area contributed by atoms with Gasteiger partial charge in [0.15, 0.2) is 0 Å². The molecule has 0 unspecified atom stereocenters. The summed E-state index contributed by atoms with van der Waals surface area (Å²) in [5.74, 6) is 0.170. The van der Waals surface area contributed by atoms with Crippen molar-refractivity contribution in [1.29, 1.82) is 0 Å². The molecule has 3 aliphatic heterocycles. The van der Waals surface area contributed by atoms with Gasteiger partial charge in [0.2, 0.25) is 5.91 Å². The summed E-state index contributed by atoms with van der Waals surface area (Å²) in [5.41, 5.74) is 0. The van der Waals surface area contributed by atoms with Crippen LogP contribution in [0.4, 0.5) is 0 Å². The fourth-order valence-electron chi connectivity index (χ4n) is 4.18. The average Bonchev–Trinajstić information content (AvgIpc) is 3.01. The van der Waals surface area contributed by atoms with Crippen LogP contribution in [0.25, 0.3) is 0 Å². The van der Waals surface area contributed by atoms with Gasteiger partial charge in [-0.05, 0) is 65.3 Å². The van der Waals surface area contributed by atoms with Gasteiger partial charge in [0, 0.05) is 19.0 Å². The maximum absolute atomic E-state index is 12.2. The van der Waals surface area contributed by atoms with Crippen LogP contribution in [-0.2, 0) is 14.3 Å². The molecule has 3 rings (SSSR count). The number of carbonyl (C=O) groups excluding carboxylic acids is 2. The SMILES string of the molecule is CN1CCC(N2CCC(C(=O)OCCN3CCCC3=O)CC2)CC1. The molecule has 6 heteroatoms. The van der Waals surface area contributed by atoms with Crippen molar-refractivity contribution < 1.29 is 14.3 Å². The number of hydrogen-bond donors (Lipinski definition) is 0. The van der Waals surface area contributed by atoms with Crippen LogP contribution in [-0.4, -0.2) is 85.5 Å². The van der Waals surface area contributed by atoms with E-state index in [4.69, 9.17) is 4.74 Å². The third-order valence-electron chi connectivity index (χ3n) is 5.84. The lowest BCUT2D eigenvalue weighted by Gasteiger charge is -2.40. The number of carbonyl (C=O) groups is 2. The minimum Gasteiger partial charge on any atom is -0.464 e. The highest BCUT2D eigenvalue weighted by Crippen LogP contribution is 2.24. The quantitative estimate of drug-likeness (QED) is 0.700. The Bertz CT molecular complexity index is 441. The van der Waals surface area contributed by atoms with Crippen LogP contribution < -0.4 is 0 Å².